The van der Waals surface area contributed by atoms with Gasteiger partial charge in [-0.3, -0.25) is 4.57 Å². The number of hydrogen-bond acceptors (Lipinski definition) is 8. The molecule has 4 heterocycles. The third kappa shape index (κ3) is 7.93. The summed E-state index contributed by atoms with van der Waals surface area (Å²) in [5.41, 5.74) is 5.01. The van der Waals surface area contributed by atoms with E-state index in [1.165, 1.54) is 0 Å². The molecule has 9 nitrogen and oxygen atoms in total. The minimum absolute atomic E-state index is 0.0889. The van der Waals surface area contributed by atoms with Crippen LogP contribution in [0, 0.1) is 0 Å². The van der Waals surface area contributed by atoms with E-state index in [0.717, 1.165) is 34.0 Å². The summed E-state index contributed by atoms with van der Waals surface area (Å²) in [6.45, 7) is 20.1. The Hall–Kier alpha value is -2.78. The fourth-order valence-electron chi connectivity index (χ4n) is 5.88. The van der Waals surface area contributed by atoms with E-state index in [-0.39, 0.29) is 36.2 Å². The predicted molar refractivity (Wildman–Crippen MR) is 200 cm³/mol. The van der Waals surface area contributed by atoms with Gasteiger partial charge in [0, 0.05) is 20.2 Å². The number of pyridine rings is 1. The second-order valence-electron chi connectivity index (χ2n) is 15.8. The lowest BCUT2D eigenvalue weighted by atomic mass is 10.0. The van der Waals surface area contributed by atoms with Crippen LogP contribution in [-0.4, -0.2) is 82.3 Å². The van der Waals surface area contributed by atoms with E-state index >= 15 is 0 Å². The van der Waals surface area contributed by atoms with E-state index in [0.29, 0.717) is 42.2 Å². The first-order valence-electron chi connectivity index (χ1n) is 17.1. The number of benzene rings is 2. The molecule has 0 saturated carbocycles. The second kappa shape index (κ2) is 14.1. The molecular formula is C37H50ClN3O6Si2. The summed E-state index contributed by atoms with van der Waals surface area (Å²) in [5.74, 6) is 0.824. The lowest BCUT2D eigenvalue weighted by Gasteiger charge is -2.39. The molecule has 0 bridgehead atoms. The number of fused-ring (bicyclic) bond motifs is 2. The van der Waals surface area contributed by atoms with Crippen molar-refractivity contribution in [3.63, 3.8) is 0 Å². The van der Waals surface area contributed by atoms with Crippen LogP contribution in [-0.2, 0) is 25.4 Å². The standard InChI is InChI=1S/C37H50ClN3O6Si2/c1-37(2,3)49(8,9)47-31-22-45-33-30(21-44-34(31)33)46-36-40-35-29(41(36)23-43-18-19-48(5,6)7)20-28(38)32(39-35)26-12-10-24(11-13-26)25-14-16-27(42-4)17-15-25/h10-17,20,30-31,33-34H,18-19,21-23H2,1-9H3/t30-,31-,33-,34-/m1/s1. The van der Waals surface area contributed by atoms with Crippen molar-refractivity contribution in [2.75, 3.05) is 26.9 Å². The molecule has 6 rings (SSSR count). The monoisotopic (exact) mass is 723 g/mol. The lowest BCUT2D eigenvalue weighted by Crippen LogP contribution is -2.47. The largest absolute Gasteiger partial charge is 0.497 e. The van der Waals surface area contributed by atoms with Crippen molar-refractivity contribution in [2.24, 2.45) is 0 Å². The Balaban J connectivity index is 1.25. The van der Waals surface area contributed by atoms with Gasteiger partial charge in [0.1, 0.15) is 24.7 Å². The summed E-state index contributed by atoms with van der Waals surface area (Å²) in [6, 6.07) is 19.6. The molecular weight excluding hydrogens is 674 g/mol. The molecule has 0 radical (unpaired) electrons. The first-order valence-corrected chi connectivity index (χ1v) is 24.1. The Bertz CT molecular complexity index is 1750. The Labute approximate surface area is 297 Å². The Morgan fingerprint density at radius 3 is 2.06 bits per heavy atom. The molecule has 4 atom stereocenters. The molecule has 2 fully saturated rings. The van der Waals surface area contributed by atoms with Gasteiger partial charge < -0.3 is 28.1 Å². The zero-order valence-corrected chi connectivity index (χ0v) is 33.0. The van der Waals surface area contributed by atoms with Crippen molar-refractivity contribution >= 4 is 39.2 Å². The molecule has 2 aromatic heterocycles. The highest BCUT2D eigenvalue weighted by atomic mass is 35.5. The summed E-state index contributed by atoms with van der Waals surface area (Å²) < 4.78 is 39.3. The summed E-state index contributed by atoms with van der Waals surface area (Å²) in [7, 11) is -1.61. The maximum Gasteiger partial charge on any atom is 0.301 e. The molecule has 0 amide bonds. The minimum atomic E-state index is -2.01. The van der Waals surface area contributed by atoms with E-state index in [4.69, 9.17) is 49.7 Å². The highest BCUT2D eigenvalue weighted by molar-refractivity contribution is 6.76. The van der Waals surface area contributed by atoms with Crippen LogP contribution in [0.25, 0.3) is 33.5 Å². The van der Waals surface area contributed by atoms with Crippen molar-refractivity contribution in [1.29, 1.82) is 0 Å². The number of aromatic nitrogens is 3. The van der Waals surface area contributed by atoms with Crippen molar-refractivity contribution in [3.8, 4) is 34.1 Å². The van der Waals surface area contributed by atoms with Crippen molar-refractivity contribution in [2.45, 2.75) is 95.7 Å². The van der Waals surface area contributed by atoms with Crippen molar-refractivity contribution < 1.29 is 28.1 Å². The Kier molecular flexibility index (Phi) is 10.4. The molecule has 4 aromatic rings. The molecule has 2 aliphatic rings. The highest BCUT2D eigenvalue weighted by Crippen LogP contribution is 2.41. The molecule has 0 aliphatic carbocycles. The minimum Gasteiger partial charge on any atom is -0.497 e. The van der Waals surface area contributed by atoms with Gasteiger partial charge in [0.2, 0.25) is 0 Å². The smallest absolute Gasteiger partial charge is 0.301 e. The maximum absolute atomic E-state index is 6.93. The zero-order valence-electron chi connectivity index (χ0n) is 30.2. The van der Waals surface area contributed by atoms with Crippen LogP contribution in [0.4, 0.5) is 0 Å². The Morgan fingerprint density at radius 2 is 1.45 bits per heavy atom. The quantitative estimate of drug-likeness (QED) is 0.106. The van der Waals surface area contributed by atoms with Gasteiger partial charge in [-0.2, -0.15) is 4.98 Å². The maximum atomic E-state index is 6.93. The molecule has 2 aliphatic heterocycles. The summed E-state index contributed by atoms with van der Waals surface area (Å²) in [6.07, 6.45) is -0.921. The first kappa shape index (κ1) is 36.0. The molecule has 49 heavy (non-hydrogen) atoms. The third-order valence-electron chi connectivity index (χ3n) is 9.93. The van der Waals surface area contributed by atoms with Crippen LogP contribution in [0.15, 0.2) is 54.6 Å². The average Bonchev–Trinajstić information content (AvgIpc) is 3.73. The van der Waals surface area contributed by atoms with Crippen LogP contribution < -0.4 is 9.47 Å². The summed E-state index contributed by atoms with van der Waals surface area (Å²) >= 11 is 6.93. The van der Waals surface area contributed by atoms with Crippen molar-refractivity contribution in [1.82, 2.24) is 14.5 Å². The molecule has 0 N–H and O–H groups in total. The van der Waals surface area contributed by atoms with Crippen LogP contribution in [0.2, 0.25) is 48.8 Å². The fourth-order valence-corrected chi connectivity index (χ4v) is 8.21. The van der Waals surface area contributed by atoms with Crippen LogP contribution in [0.5, 0.6) is 11.8 Å². The van der Waals surface area contributed by atoms with Gasteiger partial charge in [-0.1, -0.05) is 88.4 Å². The van der Waals surface area contributed by atoms with E-state index in [1.807, 2.05) is 47.0 Å². The lowest BCUT2D eigenvalue weighted by molar-refractivity contribution is 0.00691. The topological polar surface area (TPSA) is 86.1 Å². The first-order chi connectivity index (χ1) is 23.1. The van der Waals surface area contributed by atoms with Gasteiger partial charge in [-0.25, -0.2) is 4.98 Å². The Morgan fingerprint density at radius 1 is 0.857 bits per heavy atom. The molecule has 2 aromatic carbocycles. The molecule has 2 saturated heterocycles. The van der Waals surface area contributed by atoms with E-state index < -0.39 is 16.4 Å². The number of methoxy groups -OCH3 is 1. The van der Waals surface area contributed by atoms with E-state index in [2.05, 4.69) is 65.6 Å². The number of nitrogens with zero attached hydrogens (tertiary/aromatic N) is 3. The van der Waals surface area contributed by atoms with Crippen LogP contribution in [0.1, 0.15) is 20.8 Å². The van der Waals surface area contributed by atoms with Gasteiger partial charge >= 0.3 is 6.01 Å². The van der Waals surface area contributed by atoms with Crippen LogP contribution >= 0.6 is 11.6 Å². The number of rotatable bonds is 12. The van der Waals surface area contributed by atoms with Crippen molar-refractivity contribution in [3.05, 3.63) is 59.6 Å². The van der Waals surface area contributed by atoms with Gasteiger partial charge in [-0.15, -0.1) is 0 Å². The number of hydrogen-bond donors (Lipinski definition) is 0. The number of halogens is 1. The second-order valence-corrected chi connectivity index (χ2v) is 26.6. The highest BCUT2D eigenvalue weighted by Gasteiger charge is 2.52. The molecule has 0 unspecified atom stereocenters. The SMILES string of the molecule is COc1ccc(-c2ccc(-c3nc4nc(O[C@@H]5CO[C@H]6[C@@H]5OC[C@H]6O[Si](C)(C)C(C)(C)C)n(COCC[Si](C)(C)C)c4cc3Cl)cc2)cc1. The van der Waals surface area contributed by atoms with Crippen LogP contribution in [0.3, 0.4) is 0 Å². The zero-order chi connectivity index (χ0) is 35.1. The third-order valence-corrected chi connectivity index (χ3v) is 16.4. The average molecular weight is 724 g/mol. The van der Waals surface area contributed by atoms with E-state index in [1.54, 1.807) is 7.11 Å². The number of ether oxygens (including phenoxy) is 5. The van der Waals surface area contributed by atoms with Gasteiger partial charge in [0.05, 0.1) is 42.7 Å². The normalized spacial score (nSPS) is 21.3. The predicted octanol–water partition coefficient (Wildman–Crippen LogP) is 8.68. The summed E-state index contributed by atoms with van der Waals surface area (Å²) in [4.78, 5) is 9.84. The van der Waals surface area contributed by atoms with Gasteiger partial charge in [0.15, 0.2) is 20.1 Å². The number of imidazole rings is 1. The molecule has 0 spiro atoms. The summed E-state index contributed by atoms with van der Waals surface area (Å²) in [5, 5.41) is 0.611. The van der Waals surface area contributed by atoms with Gasteiger partial charge in [-0.05, 0) is 53.5 Å². The van der Waals surface area contributed by atoms with Gasteiger partial charge in [0.25, 0.3) is 0 Å². The molecule has 264 valence electrons. The van der Waals surface area contributed by atoms with E-state index in [9.17, 15) is 0 Å². The fraction of sp³-hybridized carbons (Fsp3) is 0.514. The molecule has 12 heteroatoms.